The maximum Gasteiger partial charge on any atom is 0.240 e. The van der Waals surface area contributed by atoms with Crippen LogP contribution in [0.4, 0.5) is 5.69 Å². The molecular formula is C29H33N5OS. The number of nitrogens with one attached hydrogen (secondary N) is 1. The Bertz CT molecular complexity index is 1220. The third-order valence-corrected chi connectivity index (χ3v) is 9.02. The van der Waals surface area contributed by atoms with E-state index in [1.165, 1.54) is 22.4 Å². The number of likely N-dealkylation sites (N-methyl/N-ethyl adjacent to an activating group) is 1. The molecule has 2 saturated heterocycles. The zero-order chi connectivity index (χ0) is 24.5. The first-order chi connectivity index (χ1) is 17.7. The van der Waals surface area contributed by atoms with Crippen LogP contribution in [0.15, 0.2) is 73.1 Å². The van der Waals surface area contributed by atoms with E-state index in [4.69, 9.17) is 0 Å². The molecule has 2 fully saturated rings. The normalized spacial score (nSPS) is 23.4. The summed E-state index contributed by atoms with van der Waals surface area (Å²) < 4.78 is 0. The second kappa shape index (κ2) is 10.2. The second-order valence-corrected chi connectivity index (χ2v) is 11.1. The fourth-order valence-electron chi connectivity index (χ4n) is 5.77. The van der Waals surface area contributed by atoms with E-state index in [9.17, 15) is 4.79 Å². The van der Waals surface area contributed by atoms with Gasteiger partial charge < -0.3 is 9.80 Å². The van der Waals surface area contributed by atoms with Crippen LogP contribution < -0.4 is 10.2 Å². The second-order valence-electron chi connectivity index (χ2n) is 9.99. The first-order valence-electron chi connectivity index (χ1n) is 12.8. The van der Waals surface area contributed by atoms with Crippen molar-refractivity contribution >= 4 is 23.4 Å². The molecular weight excluding hydrogens is 466 g/mol. The van der Waals surface area contributed by atoms with Gasteiger partial charge in [0, 0.05) is 63.6 Å². The van der Waals surface area contributed by atoms with Gasteiger partial charge in [0.05, 0.1) is 17.5 Å². The number of rotatable bonds is 5. The van der Waals surface area contributed by atoms with Crippen molar-refractivity contribution < 1.29 is 4.79 Å². The Morgan fingerprint density at radius 2 is 1.92 bits per heavy atom. The molecule has 3 aliphatic heterocycles. The summed E-state index contributed by atoms with van der Waals surface area (Å²) in [5.74, 6) is 0.973. The molecule has 6 rings (SSSR count). The van der Waals surface area contributed by atoms with Gasteiger partial charge in [0.2, 0.25) is 5.91 Å². The lowest BCUT2D eigenvalue weighted by atomic mass is 9.96. The minimum absolute atomic E-state index is 0.132. The summed E-state index contributed by atoms with van der Waals surface area (Å²) in [4.78, 5) is 24.4. The summed E-state index contributed by atoms with van der Waals surface area (Å²) in [6.07, 6.45) is 4.65. The van der Waals surface area contributed by atoms with Crippen LogP contribution in [0.2, 0.25) is 0 Å². The molecule has 1 amide bonds. The monoisotopic (exact) mass is 499 g/mol. The van der Waals surface area contributed by atoms with Crippen LogP contribution in [0.5, 0.6) is 0 Å². The summed E-state index contributed by atoms with van der Waals surface area (Å²) in [7, 11) is 1.94. The number of benzene rings is 2. The highest BCUT2D eigenvalue weighted by Crippen LogP contribution is 2.39. The Labute approximate surface area is 217 Å². The summed E-state index contributed by atoms with van der Waals surface area (Å²) in [6.45, 7) is 4.62. The molecule has 0 spiro atoms. The third kappa shape index (κ3) is 4.63. The highest BCUT2D eigenvalue weighted by atomic mass is 32.2. The van der Waals surface area contributed by atoms with Gasteiger partial charge in [0.1, 0.15) is 0 Å². The molecule has 0 saturated carbocycles. The molecule has 186 valence electrons. The number of carbonyl (C=O) groups excluding carboxylic acids is 1. The molecule has 3 atom stereocenters. The zero-order valence-corrected chi connectivity index (χ0v) is 21.5. The van der Waals surface area contributed by atoms with Crippen LogP contribution in [-0.2, 0) is 11.2 Å². The van der Waals surface area contributed by atoms with Crippen LogP contribution in [0.25, 0.3) is 0 Å². The number of pyridine rings is 1. The Morgan fingerprint density at radius 3 is 2.78 bits per heavy atom. The Balaban J connectivity index is 1.09. The molecule has 6 nitrogen and oxygen atoms in total. The summed E-state index contributed by atoms with van der Waals surface area (Å²) in [6, 6.07) is 22.0. The van der Waals surface area contributed by atoms with Crippen molar-refractivity contribution in [1.82, 2.24) is 20.1 Å². The molecule has 7 heteroatoms. The molecule has 1 aromatic heterocycles. The lowest BCUT2D eigenvalue weighted by Crippen LogP contribution is -2.51. The van der Waals surface area contributed by atoms with Gasteiger partial charge in [-0.3, -0.25) is 20.0 Å². The van der Waals surface area contributed by atoms with E-state index < -0.39 is 0 Å². The van der Waals surface area contributed by atoms with E-state index in [2.05, 4.69) is 74.7 Å². The predicted molar refractivity (Wildman–Crippen MR) is 146 cm³/mol. The van der Waals surface area contributed by atoms with Gasteiger partial charge in [-0.25, -0.2) is 0 Å². The van der Waals surface area contributed by atoms with E-state index in [1.807, 2.05) is 24.2 Å². The van der Waals surface area contributed by atoms with Crippen molar-refractivity contribution in [3.05, 3.63) is 95.3 Å². The molecule has 0 bridgehead atoms. The Hall–Kier alpha value is -2.87. The van der Waals surface area contributed by atoms with Crippen LogP contribution in [0.1, 0.15) is 33.7 Å². The number of amides is 1. The number of nitrogens with zero attached hydrogens (tertiary/aromatic N) is 4. The molecule has 2 aromatic carbocycles. The van der Waals surface area contributed by atoms with Gasteiger partial charge in [-0.1, -0.05) is 48.5 Å². The minimum Gasteiger partial charge on any atom is -0.362 e. The van der Waals surface area contributed by atoms with Crippen molar-refractivity contribution in [1.29, 1.82) is 0 Å². The van der Waals surface area contributed by atoms with Gasteiger partial charge >= 0.3 is 0 Å². The maximum atomic E-state index is 13.2. The van der Waals surface area contributed by atoms with Crippen LogP contribution in [-0.4, -0.2) is 72.3 Å². The van der Waals surface area contributed by atoms with E-state index >= 15 is 0 Å². The van der Waals surface area contributed by atoms with Crippen molar-refractivity contribution in [2.75, 3.05) is 50.4 Å². The SMILES string of the molecule is CN(CCN1CCN2c3ccccc3Cc3ccccc3[C@@H]2C1)C(=O)[C@@H]1CSC(c2cccnc2)N1. The lowest BCUT2D eigenvalue weighted by Gasteiger charge is -2.43. The highest BCUT2D eigenvalue weighted by Gasteiger charge is 2.35. The largest absolute Gasteiger partial charge is 0.362 e. The van der Waals surface area contributed by atoms with Gasteiger partial charge in [0.25, 0.3) is 0 Å². The summed E-state index contributed by atoms with van der Waals surface area (Å²) >= 11 is 1.78. The van der Waals surface area contributed by atoms with Gasteiger partial charge in [-0.05, 0) is 40.8 Å². The molecule has 0 aliphatic carbocycles. The fourth-order valence-corrected chi connectivity index (χ4v) is 6.98. The fraction of sp³-hybridized carbons (Fsp3) is 0.379. The number of thioether (sulfide) groups is 1. The molecule has 3 aliphatic rings. The van der Waals surface area contributed by atoms with Crippen LogP contribution in [0.3, 0.4) is 0 Å². The van der Waals surface area contributed by atoms with Crippen molar-refractivity contribution in [2.24, 2.45) is 0 Å². The number of hydrogen-bond acceptors (Lipinski definition) is 6. The topological polar surface area (TPSA) is 51.7 Å². The van der Waals surface area contributed by atoms with Crippen molar-refractivity contribution in [3.63, 3.8) is 0 Å². The van der Waals surface area contributed by atoms with Gasteiger partial charge in [-0.15, -0.1) is 11.8 Å². The average Bonchev–Trinajstić information content (AvgIpc) is 3.38. The first kappa shape index (κ1) is 23.5. The quantitative estimate of drug-likeness (QED) is 0.578. The van der Waals surface area contributed by atoms with E-state index in [0.717, 1.165) is 50.5 Å². The first-order valence-corrected chi connectivity index (χ1v) is 13.9. The molecule has 3 aromatic rings. The van der Waals surface area contributed by atoms with Gasteiger partial charge in [0.15, 0.2) is 0 Å². The Morgan fingerprint density at radius 1 is 1.08 bits per heavy atom. The smallest absolute Gasteiger partial charge is 0.240 e. The number of aromatic nitrogens is 1. The number of para-hydroxylation sites is 1. The summed E-state index contributed by atoms with van der Waals surface area (Å²) in [5, 5.41) is 3.63. The molecule has 36 heavy (non-hydrogen) atoms. The Kier molecular flexibility index (Phi) is 6.69. The van der Waals surface area contributed by atoms with Crippen molar-refractivity contribution in [3.8, 4) is 0 Å². The molecule has 1 N–H and O–H groups in total. The molecule has 1 unspecified atom stereocenters. The number of piperazine rings is 1. The predicted octanol–water partition coefficient (Wildman–Crippen LogP) is 3.71. The molecule has 4 heterocycles. The molecule has 0 radical (unpaired) electrons. The lowest BCUT2D eigenvalue weighted by molar-refractivity contribution is -0.131. The van der Waals surface area contributed by atoms with Crippen LogP contribution >= 0.6 is 11.8 Å². The maximum absolute atomic E-state index is 13.2. The van der Waals surface area contributed by atoms with E-state index in [1.54, 1.807) is 18.0 Å². The average molecular weight is 500 g/mol. The number of anilines is 1. The van der Waals surface area contributed by atoms with Crippen molar-refractivity contribution in [2.45, 2.75) is 23.9 Å². The standard InChI is InChI=1S/C29H33N5OS/c1-32(29(35)25-20-36-28(31-25)23-9-6-12-30-18-23)13-14-33-15-16-34-26-11-5-3-8-22(26)17-21-7-2-4-10-24(21)27(34)19-33/h2-12,18,25,27-28,31H,13-17,19-20H2,1H3/t25-,27-,28?/m0/s1. The van der Waals surface area contributed by atoms with Crippen LogP contribution in [0, 0.1) is 0 Å². The number of fused-ring (bicyclic) bond motifs is 5. The highest BCUT2D eigenvalue weighted by molar-refractivity contribution is 7.99. The minimum atomic E-state index is -0.146. The number of hydrogen-bond donors (Lipinski definition) is 1. The van der Waals surface area contributed by atoms with E-state index in [0.29, 0.717) is 6.04 Å². The zero-order valence-electron chi connectivity index (χ0n) is 20.7. The van der Waals surface area contributed by atoms with E-state index in [-0.39, 0.29) is 17.3 Å². The van der Waals surface area contributed by atoms with Gasteiger partial charge in [-0.2, -0.15) is 0 Å². The third-order valence-electron chi connectivity index (χ3n) is 7.76. The summed E-state index contributed by atoms with van der Waals surface area (Å²) in [5.41, 5.74) is 6.79. The number of carbonyl (C=O) groups is 1.